The van der Waals surface area contributed by atoms with E-state index in [4.69, 9.17) is 4.84 Å². The third-order valence-corrected chi connectivity index (χ3v) is 5.92. The second-order valence-corrected chi connectivity index (χ2v) is 7.54. The monoisotopic (exact) mass is 426 g/mol. The van der Waals surface area contributed by atoms with Crippen LogP contribution in [-0.4, -0.2) is 47.6 Å². The summed E-state index contributed by atoms with van der Waals surface area (Å²) < 4.78 is 1.23. The summed E-state index contributed by atoms with van der Waals surface area (Å²) in [5.74, 6) is 0. The van der Waals surface area contributed by atoms with Crippen molar-refractivity contribution in [2.24, 2.45) is 5.16 Å². The molecule has 2 aliphatic heterocycles. The fourth-order valence-electron chi connectivity index (χ4n) is 4.00. The molecule has 0 aliphatic carbocycles. The zero-order chi connectivity index (χ0) is 16.6. The van der Waals surface area contributed by atoms with Gasteiger partial charge in [-0.3, -0.25) is 4.90 Å². The Morgan fingerprint density at radius 3 is 2.74 bits per heavy atom. The highest BCUT2D eigenvalue weighted by molar-refractivity contribution is 14.1. The van der Waals surface area contributed by atoms with Crippen LogP contribution in [-0.2, 0) is 4.84 Å². The van der Waals surface area contributed by atoms with Crippen molar-refractivity contribution in [3.63, 3.8) is 0 Å². The Morgan fingerprint density at radius 2 is 2.13 bits per heavy atom. The van der Waals surface area contributed by atoms with Crippen LogP contribution < -0.4 is 0 Å². The molecular formula is C18H23IN2O2. The number of likely N-dealkylation sites (N-methyl/N-ethyl adjacent to an activating group) is 1. The second kappa shape index (κ2) is 6.53. The number of hydrogen-bond donors (Lipinski definition) is 1. The molecule has 1 N–H and O–H groups in total. The van der Waals surface area contributed by atoms with Gasteiger partial charge in [0.25, 0.3) is 0 Å². The minimum Gasteiger partial charge on any atom is -0.399 e. The average molecular weight is 426 g/mol. The molecule has 1 saturated heterocycles. The molecule has 0 aromatic heterocycles. The zero-order valence-electron chi connectivity index (χ0n) is 13.8. The quantitative estimate of drug-likeness (QED) is 0.457. The number of nitrogens with zero attached hydrogens (tertiary/aromatic N) is 2. The van der Waals surface area contributed by atoms with E-state index in [-0.39, 0.29) is 0 Å². The van der Waals surface area contributed by atoms with Gasteiger partial charge in [-0.25, -0.2) is 0 Å². The normalized spacial score (nSPS) is 31.2. The van der Waals surface area contributed by atoms with E-state index in [0.29, 0.717) is 6.04 Å². The molecule has 1 aromatic rings. The van der Waals surface area contributed by atoms with Crippen molar-refractivity contribution in [1.82, 2.24) is 4.90 Å². The van der Waals surface area contributed by atoms with Gasteiger partial charge in [0.2, 0.25) is 0 Å². The van der Waals surface area contributed by atoms with Crippen LogP contribution in [0.1, 0.15) is 31.7 Å². The summed E-state index contributed by atoms with van der Waals surface area (Å²) in [6, 6.07) is 8.92. The number of rotatable bonds is 4. The molecule has 124 valence electrons. The molecule has 4 nitrogen and oxygen atoms in total. The predicted molar refractivity (Wildman–Crippen MR) is 101 cm³/mol. The molecular weight excluding hydrogens is 403 g/mol. The number of aliphatic hydroxyl groups excluding tert-OH is 1. The van der Waals surface area contributed by atoms with Crippen molar-refractivity contribution in [2.45, 2.75) is 43.9 Å². The summed E-state index contributed by atoms with van der Waals surface area (Å²) >= 11 is 2.32. The molecule has 3 atom stereocenters. The molecule has 0 saturated carbocycles. The van der Waals surface area contributed by atoms with Crippen LogP contribution in [0.4, 0.5) is 0 Å². The Balaban J connectivity index is 2.11. The smallest absolute Gasteiger partial charge is 0.108 e. The first-order valence-corrected chi connectivity index (χ1v) is 9.10. The lowest BCUT2D eigenvalue weighted by atomic mass is 9.82. The molecule has 2 heterocycles. The number of hydrogen-bond acceptors (Lipinski definition) is 4. The maximum absolute atomic E-state index is 10.8. The van der Waals surface area contributed by atoms with Gasteiger partial charge < -0.3 is 9.94 Å². The second-order valence-electron chi connectivity index (χ2n) is 6.30. The SMILES string of the molecule is CCC(=NOC)C12C=C(c3ccc(I)cc3)CC(CC1O)N2C. The highest BCUT2D eigenvalue weighted by Crippen LogP contribution is 2.45. The summed E-state index contributed by atoms with van der Waals surface area (Å²) in [6.07, 6.45) is 4.24. The third-order valence-electron chi connectivity index (χ3n) is 5.20. The van der Waals surface area contributed by atoms with E-state index in [2.05, 4.69) is 77.0 Å². The topological polar surface area (TPSA) is 45.1 Å². The van der Waals surface area contributed by atoms with Crippen LogP contribution in [0.5, 0.6) is 0 Å². The number of benzene rings is 1. The molecule has 5 heteroatoms. The van der Waals surface area contributed by atoms with E-state index < -0.39 is 11.6 Å². The minimum absolute atomic E-state index is 0.331. The van der Waals surface area contributed by atoms with Crippen molar-refractivity contribution < 1.29 is 9.94 Å². The Morgan fingerprint density at radius 1 is 1.43 bits per heavy atom. The van der Waals surface area contributed by atoms with Crippen LogP contribution in [0.25, 0.3) is 5.57 Å². The van der Waals surface area contributed by atoms with Crippen molar-refractivity contribution in [3.05, 3.63) is 39.5 Å². The Hall–Kier alpha value is -0.920. The zero-order valence-corrected chi connectivity index (χ0v) is 15.9. The van der Waals surface area contributed by atoms with E-state index in [1.54, 1.807) is 7.11 Å². The van der Waals surface area contributed by atoms with E-state index in [1.807, 2.05) is 0 Å². The van der Waals surface area contributed by atoms with E-state index in [9.17, 15) is 5.11 Å². The van der Waals surface area contributed by atoms with Crippen LogP contribution >= 0.6 is 22.6 Å². The van der Waals surface area contributed by atoms with Gasteiger partial charge in [-0.2, -0.15) is 0 Å². The van der Waals surface area contributed by atoms with Gasteiger partial charge in [-0.1, -0.05) is 30.3 Å². The molecule has 0 radical (unpaired) electrons. The van der Waals surface area contributed by atoms with Gasteiger partial charge in [0.15, 0.2) is 0 Å². The molecule has 3 unspecified atom stereocenters. The fourth-order valence-corrected chi connectivity index (χ4v) is 4.36. The van der Waals surface area contributed by atoms with Crippen LogP contribution in [0, 0.1) is 3.57 Å². The standard InChI is InChI=1S/C18H23IN2O2/c1-4-16(20-23-3)18-11-13(12-5-7-14(19)8-6-12)9-15(21(18)2)10-17(18)22/h5-8,11,15,17,22H,4,9-10H2,1-3H3. The van der Waals surface area contributed by atoms with Gasteiger partial charge in [0.05, 0.1) is 11.8 Å². The first-order valence-electron chi connectivity index (χ1n) is 8.02. The van der Waals surface area contributed by atoms with Crippen molar-refractivity contribution >= 4 is 33.9 Å². The molecule has 2 aliphatic rings. The highest BCUT2D eigenvalue weighted by atomic mass is 127. The molecule has 2 bridgehead atoms. The Bertz CT molecular complexity index is 641. The lowest BCUT2D eigenvalue weighted by Gasteiger charge is -2.42. The van der Waals surface area contributed by atoms with Crippen molar-refractivity contribution in [1.29, 1.82) is 0 Å². The molecule has 0 spiro atoms. The largest absolute Gasteiger partial charge is 0.399 e. The summed E-state index contributed by atoms with van der Waals surface area (Å²) in [7, 11) is 3.65. The van der Waals surface area contributed by atoms with Gasteiger partial charge >= 0.3 is 0 Å². The first-order chi connectivity index (χ1) is 11.0. The van der Waals surface area contributed by atoms with E-state index in [0.717, 1.165) is 25.0 Å². The first kappa shape index (κ1) is 16.9. The number of aliphatic hydroxyl groups is 1. The maximum atomic E-state index is 10.8. The van der Waals surface area contributed by atoms with Gasteiger partial charge in [-0.15, -0.1) is 0 Å². The maximum Gasteiger partial charge on any atom is 0.108 e. The van der Waals surface area contributed by atoms with Crippen LogP contribution in [0.3, 0.4) is 0 Å². The predicted octanol–water partition coefficient (Wildman–Crippen LogP) is 3.29. The molecule has 0 amide bonds. The summed E-state index contributed by atoms with van der Waals surface area (Å²) in [5, 5.41) is 15.1. The lowest BCUT2D eigenvalue weighted by molar-refractivity contribution is 0.106. The lowest BCUT2D eigenvalue weighted by Crippen LogP contribution is -2.56. The fraction of sp³-hybridized carbons (Fsp3) is 0.500. The Kier molecular flexibility index (Phi) is 4.80. The molecule has 1 aromatic carbocycles. The van der Waals surface area contributed by atoms with Crippen molar-refractivity contribution in [2.75, 3.05) is 14.2 Å². The average Bonchev–Trinajstić information content (AvgIpc) is 2.69. The Labute approximate surface area is 151 Å². The van der Waals surface area contributed by atoms with E-state index in [1.165, 1.54) is 14.7 Å². The summed E-state index contributed by atoms with van der Waals surface area (Å²) in [4.78, 5) is 7.34. The number of oxime groups is 1. The summed E-state index contributed by atoms with van der Waals surface area (Å²) in [5.41, 5.74) is 2.86. The molecule has 1 fully saturated rings. The van der Waals surface area contributed by atoms with Gasteiger partial charge in [0.1, 0.15) is 12.6 Å². The number of halogens is 1. The van der Waals surface area contributed by atoms with Crippen LogP contribution in [0.15, 0.2) is 35.5 Å². The molecule has 23 heavy (non-hydrogen) atoms. The van der Waals surface area contributed by atoms with Crippen molar-refractivity contribution in [3.8, 4) is 0 Å². The van der Waals surface area contributed by atoms with Gasteiger partial charge in [-0.05, 0) is 72.2 Å². The number of fused-ring (bicyclic) bond motifs is 2. The molecule has 3 rings (SSSR count). The minimum atomic E-state index is -0.550. The summed E-state index contributed by atoms with van der Waals surface area (Å²) in [6.45, 7) is 2.06. The highest BCUT2D eigenvalue weighted by Gasteiger charge is 2.55. The third kappa shape index (κ3) is 2.72. The van der Waals surface area contributed by atoms with Gasteiger partial charge in [0, 0.05) is 9.61 Å². The van der Waals surface area contributed by atoms with E-state index >= 15 is 0 Å². The van der Waals surface area contributed by atoms with Crippen LogP contribution in [0.2, 0.25) is 0 Å².